The zero-order valence-corrected chi connectivity index (χ0v) is 8.78. The average molecular weight is 217 g/mol. The molecule has 1 aromatic carbocycles. The molecule has 0 aliphatic rings. The molecule has 0 saturated carbocycles. The van der Waals surface area contributed by atoms with Crippen molar-refractivity contribution in [3.05, 3.63) is 24.3 Å². The zero-order chi connectivity index (χ0) is 8.55. The summed E-state index contributed by atoms with van der Waals surface area (Å²) in [6.07, 6.45) is 0. The molecule has 0 unspecified atom stereocenters. The van der Waals surface area contributed by atoms with Crippen LogP contribution in [0.15, 0.2) is 24.3 Å². The van der Waals surface area contributed by atoms with Crippen molar-refractivity contribution in [2.45, 2.75) is 0 Å². The molecular formula is C8H11ClN3S+. The van der Waals surface area contributed by atoms with Crippen LogP contribution in [0.4, 0.5) is 5.13 Å². The molecule has 0 fully saturated rings. The van der Waals surface area contributed by atoms with Gasteiger partial charge in [-0.2, -0.15) is 11.3 Å². The minimum atomic E-state index is 0. The van der Waals surface area contributed by atoms with E-state index in [2.05, 4.69) is 17.6 Å². The Labute approximate surface area is 86.6 Å². The molecule has 5 heteroatoms. The van der Waals surface area contributed by atoms with Gasteiger partial charge in [-0.15, -0.1) is 12.4 Å². The van der Waals surface area contributed by atoms with Gasteiger partial charge in [-0.1, -0.05) is 12.1 Å². The molecule has 0 aliphatic heterocycles. The second-order valence-corrected chi connectivity index (χ2v) is 3.61. The Morgan fingerprint density at radius 3 is 2.69 bits per heavy atom. The third-order valence-electron chi connectivity index (χ3n) is 1.86. The first-order chi connectivity index (χ1) is 5.83. The molecule has 0 bridgehead atoms. The van der Waals surface area contributed by atoms with Crippen molar-refractivity contribution in [2.24, 2.45) is 12.9 Å². The number of aromatic nitrogens is 1. The predicted molar refractivity (Wildman–Crippen MR) is 58.1 cm³/mol. The van der Waals surface area contributed by atoms with Crippen LogP contribution in [0.2, 0.25) is 0 Å². The summed E-state index contributed by atoms with van der Waals surface area (Å²) in [5.74, 6) is 5.35. The Bertz CT molecular complexity index is 413. The molecular weight excluding hydrogens is 206 g/mol. The standard InChI is InChI=1S/C8H9N3S.ClH/c1-11-6-4-2-3-5-7(6)12-8(11)10-9;/h2-5H,9H2,1H3;1H/p+1. The number of benzene rings is 1. The molecule has 0 amide bonds. The summed E-state index contributed by atoms with van der Waals surface area (Å²) in [7, 11) is 1.99. The highest BCUT2D eigenvalue weighted by atomic mass is 35.5. The van der Waals surface area contributed by atoms with E-state index in [0.29, 0.717) is 0 Å². The number of anilines is 1. The van der Waals surface area contributed by atoms with Crippen LogP contribution in [0.1, 0.15) is 0 Å². The normalized spacial score (nSPS) is 9.69. The third-order valence-corrected chi connectivity index (χ3v) is 3.01. The first-order valence-electron chi connectivity index (χ1n) is 3.67. The predicted octanol–water partition coefficient (Wildman–Crippen LogP) is 1.43. The van der Waals surface area contributed by atoms with E-state index in [1.54, 1.807) is 11.3 Å². The Morgan fingerprint density at radius 2 is 2.08 bits per heavy atom. The topological polar surface area (TPSA) is 41.9 Å². The van der Waals surface area contributed by atoms with E-state index in [1.165, 1.54) is 10.2 Å². The number of thiazole rings is 1. The summed E-state index contributed by atoms with van der Waals surface area (Å²) in [4.78, 5) is 0. The van der Waals surface area contributed by atoms with Gasteiger partial charge in [0.2, 0.25) is 0 Å². The van der Waals surface area contributed by atoms with Gasteiger partial charge in [0, 0.05) is 0 Å². The monoisotopic (exact) mass is 216 g/mol. The van der Waals surface area contributed by atoms with Gasteiger partial charge in [-0.25, -0.2) is 4.57 Å². The maximum absolute atomic E-state index is 5.35. The van der Waals surface area contributed by atoms with Gasteiger partial charge in [0.15, 0.2) is 0 Å². The highest BCUT2D eigenvalue weighted by molar-refractivity contribution is 7.21. The van der Waals surface area contributed by atoms with Gasteiger partial charge < -0.3 is 0 Å². The van der Waals surface area contributed by atoms with Crippen LogP contribution < -0.4 is 15.8 Å². The lowest BCUT2D eigenvalue weighted by Gasteiger charge is -1.89. The Morgan fingerprint density at radius 1 is 1.38 bits per heavy atom. The van der Waals surface area contributed by atoms with Crippen molar-refractivity contribution in [3.63, 3.8) is 0 Å². The van der Waals surface area contributed by atoms with Gasteiger partial charge in [0.1, 0.15) is 5.52 Å². The summed E-state index contributed by atoms with van der Waals surface area (Å²) in [5.41, 5.74) is 3.87. The first-order valence-corrected chi connectivity index (χ1v) is 4.49. The van der Waals surface area contributed by atoms with Crippen molar-refractivity contribution < 1.29 is 4.57 Å². The van der Waals surface area contributed by atoms with Crippen LogP contribution in [0.3, 0.4) is 0 Å². The number of nitrogens with zero attached hydrogens (tertiary/aromatic N) is 1. The zero-order valence-electron chi connectivity index (χ0n) is 7.15. The van der Waals surface area contributed by atoms with Crippen LogP contribution in [-0.4, -0.2) is 0 Å². The Hall–Kier alpha value is -0.840. The number of hydrazine groups is 1. The minimum absolute atomic E-state index is 0. The van der Waals surface area contributed by atoms with Crippen LogP contribution >= 0.6 is 23.7 Å². The van der Waals surface area contributed by atoms with E-state index in [1.807, 2.05) is 23.7 Å². The van der Waals surface area contributed by atoms with Crippen LogP contribution in [0, 0.1) is 0 Å². The maximum Gasteiger partial charge on any atom is 0.352 e. The number of hydrogen-bond acceptors (Lipinski definition) is 3. The molecule has 0 saturated heterocycles. The van der Waals surface area contributed by atoms with E-state index in [-0.39, 0.29) is 12.4 Å². The van der Waals surface area contributed by atoms with Crippen molar-refractivity contribution in [1.29, 1.82) is 0 Å². The minimum Gasteiger partial charge on any atom is -0.218 e. The molecule has 1 aromatic heterocycles. The van der Waals surface area contributed by atoms with Crippen LogP contribution in [0.5, 0.6) is 0 Å². The highest BCUT2D eigenvalue weighted by Gasteiger charge is 2.11. The van der Waals surface area contributed by atoms with Crippen molar-refractivity contribution in [1.82, 2.24) is 0 Å². The van der Waals surface area contributed by atoms with Crippen molar-refractivity contribution in [2.75, 3.05) is 5.43 Å². The molecule has 1 heterocycles. The lowest BCUT2D eigenvalue weighted by molar-refractivity contribution is -0.626. The van der Waals surface area contributed by atoms with Gasteiger partial charge in [0.05, 0.1) is 11.7 Å². The average Bonchev–Trinajstić information content (AvgIpc) is 2.44. The maximum atomic E-state index is 5.35. The molecule has 0 atom stereocenters. The molecule has 0 radical (unpaired) electrons. The largest absolute Gasteiger partial charge is 0.352 e. The van der Waals surface area contributed by atoms with E-state index in [9.17, 15) is 0 Å². The molecule has 70 valence electrons. The van der Waals surface area contributed by atoms with E-state index < -0.39 is 0 Å². The quantitative estimate of drug-likeness (QED) is 0.430. The number of aryl methyl sites for hydroxylation is 1. The van der Waals surface area contributed by atoms with Crippen LogP contribution in [-0.2, 0) is 7.05 Å². The molecule has 2 aromatic rings. The van der Waals surface area contributed by atoms with E-state index in [4.69, 9.17) is 5.84 Å². The number of rotatable bonds is 1. The number of fused-ring (bicyclic) bond motifs is 1. The van der Waals surface area contributed by atoms with Gasteiger partial charge >= 0.3 is 5.13 Å². The number of nitrogens with one attached hydrogen (secondary N) is 1. The van der Waals surface area contributed by atoms with Crippen LogP contribution in [0.25, 0.3) is 10.2 Å². The fourth-order valence-electron chi connectivity index (χ4n) is 1.23. The van der Waals surface area contributed by atoms with Crippen molar-refractivity contribution >= 4 is 39.1 Å². The molecule has 0 aliphatic carbocycles. The van der Waals surface area contributed by atoms with E-state index >= 15 is 0 Å². The molecule has 2 rings (SSSR count). The number of nitrogen functional groups attached to an aromatic ring is 1. The summed E-state index contributed by atoms with van der Waals surface area (Å²) < 4.78 is 3.29. The molecule has 0 spiro atoms. The Kier molecular flexibility index (Phi) is 3.08. The molecule has 3 N–H and O–H groups in total. The lowest BCUT2D eigenvalue weighted by atomic mass is 10.3. The second kappa shape index (κ2) is 3.91. The number of para-hydroxylation sites is 1. The number of nitrogens with two attached hydrogens (primary N) is 1. The smallest absolute Gasteiger partial charge is 0.218 e. The SMILES string of the molecule is C[n+]1c(NN)sc2ccccc21.Cl. The van der Waals surface area contributed by atoms with Gasteiger partial charge in [0.25, 0.3) is 0 Å². The summed E-state index contributed by atoms with van der Waals surface area (Å²) in [5, 5.41) is 0.969. The van der Waals surface area contributed by atoms with Crippen molar-refractivity contribution in [3.8, 4) is 0 Å². The van der Waals surface area contributed by atoms with E-state index in [0.717, 1.165) is 5.13 Å². The summed E-state index contributed by atoms with van der Waals surface area (Å²) in [6.45, 7) is 0. The second-order valence-electron chi connectivity index (χ2n) is 2.58. The third kappa shape index (κ3) is 1.60. The first kappa shape index (κ1) is 10.2. The molecule has 3 nitrogen and oxygen atoms in total. The van der Waals surface area contributed by atoms with Gasteiger partial charge in [-0.05, 0) is 23.5 Å². The fourth-order valence-corrected chi connectivity index (χ4v) is 2.19. The Balaban J connectivity index is 0.000000845. The summed E-state index contributed by atoms with van der Waals surface area (Å²) in [6, 6.07) is 8.21. The lowest BCUT2D eigenvalue weighted by Crippen LogP contribution is -2.31. The summed E-state index contributed by atoms with van der Waals surface area (Å²) >= 11 is 1.65. The molecule has 13 heavy (non-hydrogen) atoms. The number of hydrogen-bond donors (Lipinski definition) is 2. The highest BCUT2D eigenvalue weighted by Crippen LogP contribution is 2.21. The fraction of sp³-hybridized carbons (Fsp3) is 0.125. The number of halogens is 1. The van der Waals surface area contributed by atoms with Gasteiger partial charge in [-0.3, -0.25) is 0 Å².